The Kier molecular flexibility index (Phi) is 7.26. The Bertz CT molecular complexity index is 1360. The fourth-order valence-electron chi connectivity index (χ4n) is 3.68. The molecule has 7 nitrogen and oxygen atoms in total. The number of amidine groups is 1. The standard InChI is InChI=1S/C25H26F2N4O3/c1-6-30(14-33)24(13-32)28-29(5)23-11-18-19(10-21(23)27)25(34)31(12-20(18)15(2)3)22-9-17(26)8-7-16(22)4/h7-12,14,32H,2,6,13H2,1,3-5H3/b28-24-. The molecule has 0 saturated carbocycles. The summed E-state index contributed by atoms with van der Waals surface area (Å²) in [6.07, 6.45) is 2.08. The number of amides is 1. The topological polar surface area (TPSA) is 78.1 Å². The van der Waals surface area contributed by atoms with Crippen molar-refractivity contribution in [3.05, 3.63) is 76.2 Å². The van der Waals surface area contributed by atoms with E-state index in [9.17, 15) is 19.1 Å². The number of aliphatic hydroxyl groups is 1. The van der Waals surface area contributed by atoms with Crippen molar-refractivity contribution >= 4 is 34.3 Å². The highest BCUT2D eigenvalue weighted by Gasteiger charge is 2.18. The van der Waals surface area contributed by atoms with Crippen molar-refractivity contribution < 1.29 is 18.7 Å². The summed E-state index contributed by atoms with van der Waals surface area (Å²) in [5, 5.41) is 15.5. The minimum Gasteiger partial charge on any atom is -0.388 e. The average Bonchev–Trinajstić information content (AvgIpc) is 2.80. The highest BCUT2D eigenvalue weighted by atomic mass is 19.1. The predicted octanol–water partition coefficient (Wildman–Crippen LogP) is 3.83. The smallest absolute Gasteiger partial charge is 0.263 e. The molecule has 2 aromatic carbocycles. The number of anilines is 1. The van der Waals surface area contributed by atoms with Gasteiger partial charge in [0.15, 0.2) is 5.84 Å². The quantitative estimate of drug-likeness (QED) is 0.247. The van der Waals surface area contributed by atoms with E-state index in [2.05, 4.69) is 11.7 Å². The van der Waals surface area contributed by atoms with Gasteiger partial charge in [-0.25, -0.2) is 8.78 Å². The molecule has 1 N–H and O–H groups in total. The molecule has 0 unspecified atom stereocenters. The molecule has 1 heterocycles. The lowest BCUT2D eigenvalue weighted by molar-refractivity contribution is -0.114. The number of nitrogens with zero attached hydrogens (tertiary/aromatic N) is 4. The molecule has 0 spiro atoms. The summed E-state index contributed by atoms with van der Waals surface area (Å²) in [5.41, 5.74) is 1.73. The summed E-state index contributed by atoms with van der Waals surface area (Å²) in [4.78, 5) is 25.7. The van der Waals surface area contributed by atoms with Crippen LogP contribution in [0.25, 0.3) is 22.0 Å². The first kappa shape index (κ1) is 24.8. The normalized spacial score (nSPS) is 11.6. The van der Waals surface area contributed by atoms with Gasteiger partial charge in [0.1, 0.15) is 18.2 Å². The second-order valence-corrected chi connectivity index (χ2v) is 7.87. The maximum Gasteiger partial charge on any atom is 0.263 e. The van der Waals surface area contributed by atoms with Gasteiger partial charge in [-0.1, -0.05) is 12.6 Å². The molecule has 0 saturated heterocycles. The summed E-state index contributed by atoms with van der Waals surface area (Å²) >= 11 is 0. The van der Waals surface area contributed by atoms with E-state index in [0.717, 1.165) is 6.07 Å². The van der Waals surface area contributed by atoms with Crippen LogP contribution in [0.2, 0.25) is 0 Å². The molecule has 0 fully saturated rings. The number of likely N-dealkylation sites (N-methyl/N-ethyl adjacent to an activating group) is 1. The van der Waals surface area contributed by atoms with E-state index in [1.807, 2.05) is 0 Å². The molecule has 1 aromatic heterocycles. The molecule has 0 atom stereocenters. The van der Waals surface area contributed by atoms with Crippen molar-refractivity contribution in [3.63, 3.8) is 0 Å². The minimum atomic E-state index is -0.733. The van der Waals surface area contributed by atoms with Gasteiger partial charge in [-0.2, -0.15) is 5.10 Å². The van der Waals surface area contributed by atoms with E-state index in [4.69, 9.17) is 0 Å². The van der Waals surface area contributed by atoms with E-state index in [-0.39, 0.29) is 23.5 Å². The Hall–Kier alpha value is -3.85. The Morgan fingerprint density at radius 3 is 2.53 bits per heavy atom. The maximum atomic E-state index is 15.2. The van der Waals surface area contributed by atoms with Gasteiger partial charge in [0.05, 0.1) is 16.8 Å². The van der Waals surface area contributed by atoms with Crippen molar-refractivity contribution in [2.75, 3.05) is 25.2 Å². The number of benzene rings is 2. The molecule has 0 aliphatic carbocycles. The van der Waals surface area contributed by atoms with Gasteiger partial charge in [0.2, 0.25) is 6.41 Å². The highest BCUT2D eigenvalue weighted by molar-refractivity contribution is 5.96. The van der Waals surface area contributed by atoms with Gasteiger partial charge in [-0.3, -0.25) is 24.1 Å². The third kappa shape index (κ3) is 4.60. The van der Waals surface area contributed by atoms with Crippen LogP contribution >= 0.6 is 0 Å². The van der Waals surface area contributed by atoms with Gasteiger partial charge in [-0.15, -0.1) is 0 Å². The number of rotatable bonds is 7. The second kappa shape index (κ2) is 9.96. The van der Waals surface area contributed by atoms with E-state index in [1.165, 1.54) is 39.7 Å². The molecule has 0 bridgehead atoms. The molecule has 0 radical (unpaired) electrons. The molecule has 3 rings (SSSR count). The van der Waals surface area contributed by atoms with E-state index in [0.29, 0.717) is 34.2 Å². The van der Waals surface area contributed by atoms with E-state index in [1.54, 1.807) is 33.0 Å². The molecule has 0 aliphatic heterocycles. The fraction of sp³-hybridized carbons (Fsp3) is 0.240. The summed E-state index contributed by atoms with van der Waals surface area (Å²) in [5.74, 6) is -1.19. The van der Waals surface area contributed by atoms with Gasteiger partial charge in [0.25, 0.3) is 5.56 Å². The van der Waals surface area contributed by atoms with Crippen LogP contribution in [-0.4, -0.2) is 47.0 Å². The van der Waals surface area contributed by atoms with Crippen LogP contribution in [0.15, 0.2) is 53.0 Å². The Morgan fingerprint density at radius 2 is 1.94 bits per heavy atom. The molecular weight excluding hydrogens is 442 g/mol. The van der Waals surface area contributed by atoms with Gasteiger partial charge in [-0.05, 0) is 61.6 Å². The average molecular weight is 469 g/mol. The lowest BCUT2D eigenvalue weighted by Crippen LogP contribution is -2.34. The summed E-state index contributed by atoms with van der Waals surface area (Å²) < 4.78 is 30.4. The van der Waals surface area contributed by atoms with Gasteiger partial charge < -0.3 is 5.11 Å². The molecule has 178 valence electrons. The molecule has 34 heavy (non-hydrogen) atoms. The van der Waals surface area contributed by atoms with Gasteiger partial charge >= 0.3 is 0 Å². The number of hydrazone groups is 1. The van der Waals surface area contributed by atoms with Crippen molar-refractivity contribution in [3.8, 4) is 5.69 Å². The second-order valence-electron chi connectivity index (χ2n) is 7.87. The first-order valence-electron chi connectivity index (χ1n) is 10.6. The van der Waals surface area contributed by atoms with Crippen LogP contribution in [0.4, 0.5) is 14.5 Å². The van der Waals surface area contributed by atoms with Gasteiger partial charge in [0, 0.05) is 25.4 Å². The number of halogens is 2. The minimum absolute atomic E-state index is 0.0296. The van der Waals surface area contributed by atoms with Crippen molar-refractivity contribution in [2.24, 2.45) is 5.10 Å². The molecule has 1 amide bonds. The summed E-state index contributed by atoms with van der Waals surface area (Å²) in [6, 6.07) is 6.69. The first-order chi connectivity index (χ1) is 16.1. The zero-order valence-electron chi connectivity index (χ0n) is 19.5. The number of pyridine rings is 1. The van der Waals surface area contributed by atoms with Crippen molar-refractivity contribution in [1.82, 2.24) is 9.47 Å². The SMILES string of the molecule is C=C(C)c1cn(-c2cc(F)ccc2C)c(=O)c2cc(F)c(N(C)/N=C(/CO)N(C=O)CC)cc12. The zero-order chi connectivity index (χ0) is 25.2. The Morgan fingerprint density at radius 1 is 1.24 bits per heavy atom. The predicted molar refractivity (Wildman–Crippen MR) is 130 cm³/mol. The Balaban J connectivity index is 2.27. The fourth-order valence-corrected chi connectivity index (χ4v) is 3.68. The van der Waals surface area contributed by atoms with E-state index >= 15 is 4.39 Å². The monoisotopic (exact) mass is 468 g/mol. The number of carbonyl (C=O) groups is 1. The lowest BCUT2D eigenvalue weighted by atomic mass is 10.0. The number of aryl methyl sites for hydroxylation is 1. The third-order valence-corrected chi connectivity index (χ3v) is 5.53. The first-order valence-corrected chi connectivity index (χ1v) is 10.6. The number of aliphatic hydroxyl groups excluding tert-OH is 1. The largest absolute Gasteiger partial charge is 0.388 e. The molecular formula is C25H26F2N4O3. The number of carbonyl (C=O) groups excluding carboxylic acids is 1. The molecule has 0 aliphatic rings. The number of allylic oxidation sites excluding steroid dienone is 1. The molecule has 3 aromatic rings. The summed E-state index contributed by atoms with van der Waals surface area (Å²) in [7, 11) is 1.47. The number of hydrogen-bond acceptors (Lipinski definition) is 5. The zero-order valence-corrected chi connectivity index (χ0v) is 19.5. The number of hydrogen-bond donors (Lipinski definition) is 1. The van der Waals surface area contributed by atoms with Crippen LogP contribution in [0.1, 0.15) is 25.0 Å². The van der Waals surface area contributed by atoms with Crippen LogP contribution in [-0.2, 0) is 4.79 Å². The van der Waals surface area contributed by atoms with Crippen LogP contribution in [0.3, 0.4) is 0 Å². The lowest BCUT2D eigenvalue weighted by Gasteiger charge is -2.21. The maximum absolute atomic E-state index is 15.2. The van der Waals surface area contributed by atoms with Crippen molar-refractivity contribution in [1.29, 1.82) is 0 Å². The Labute approximate surface area is 195 Å². The molecule has 9 heteroatoms. The van der Waals surface area contributed by atoms with Crippen LogP contribution in [0.5, 0.6) is 0 Å². The van der Waals surface area contributed by atoms with Crippen molar-refractivity contribution in [2.45, 2.75) is 20.8 Å². The van der Waals surface area contributed by atoms with Crippen LogP contribution < -0.4 is 10.6 Å². The highest BCUT2D eigenvalue weighted by Crippen LogP contribution is 2.30. The third-order valence-electron chi connectivity index (χ3n) is 5.53. The number of aromatic nitrogens is 1. The number of fused-ring (bicyclic) bond motifs is 1. The van der Waals surface area contributed by atoms with E-state index < -0.39 is 23.8 Å². The van der Waals surface area contributed by atoms with Crippen LogP contribution in [0, 0.1) is 18.6 Å². The summed E-state index contributed by atoms with van der Waals surface area (Å²) in [6.45, 7) is 8.94.